The molecule has 7 nitrogen and oxygen atoms in total. The number of halogens is 1. The average molecular weight is 372 g/mol. The molecule has 1 aliphatic heterocycles. The van der Waals surface area contributed by atoms with Gasteiger partial charge in [0.15, 0.2) is 11.6 Å². The Balaban J connectivity index is 1.60. The number of aromatic carboxylic acids is 1. The second kappa shape index (κ2) is 5.51. The van der Waals surface area contributed by atoms with Crippen LogP contribution in [0.25, 0.3) is 11.0 Å². The van der Waals surface area contributed by atoms with Crippen LogP contribution in [0.4, 0.5) is 10.2 Å². The number of aromatic nitrogens is 2. The van der Waals surface area contributed by atoms with Crippen molar-refractivity contribution < 1.29 is 14.3 Å². The average Bonchev–Trinajstić information content (AvgIpc) is 3.55. The number of carboxylic acids is 1. The highest BCUT2D eigenvalue weighted by Gasteiger charge is 2.52. The van der Waals surface area contributed by atoms with Crippen LogP contribution in [-0.2, 0) is 0 Å². The lowest BCUT2D eigenvalue weighted by Crippen LogP contribution is -2.37. The highest BCUT2D eigenvalue weighted by Crippen LogP contribution is 2.52. The molecule has 0 radical (unpaired) electrons. The lowest BCUT2D eigenvalue weighted by Gasteiger charge is -2.33. The Morgan fingerprint density at radius 3 is 2.56 bits per heavy atom. The molecular weight excluding hydrogens is 351 g/mol. The Hall–Kier alpha value is -2.48. The Morgan fingerprint density at radius 2 is 2.00 bits per heavy atom. The normalized spacial score (nSPS) is 23.8. The van der Waals surface area contributed by atoms with Crippen molar-refractivity contribution in [3.63, 3.8) is 0 Å². The number of hydrogen-bond donors (Lipinski definition) is 2. The molecule has 1 unspecified atom stereocenters. The molecule has 2 aromatic heterocycles. The molecule has 142 valence electrons. The predicted octanol–water partition coefficient (Wildman–Crippen LogP) is 1.89. The first kappa shape index (κ1) is 16.7. The van der Waals surface area contributed by atoms with Crippen molar-refractivity contribution in [1.82, 2.24) is 9.55 Å². The van der Waals surface area contributed by atoms with Gasteiger partial charge in [-0.2, -0.15) is 0 Å². The van der Waals surface area contributed by atoms with E-state index in [1.54, 1.807) is 4.57 Å². The SMILES string of the molecule is NC1CC12CCN(c1nc3c(cc1F)c(=O)c(C(=O)O)cn3C1CC1)CC2. The van der Waals surface area contributed by atoms with Crippen molar-refractivity contribution in [2.45, 2.75) is 44.2 Å². The Labute approximate surface area is 154 Å². The number of fused-ring (bicyclic) bond motifs is 1. The minimum atomic E-state index is -1.30. The van der Waals surface area contributed by atoms with E-state index in [1.165, 1.54) is 6.20 Å². The van der Waals surface area contributed by atoms with Crippen molar-refractivity contribution in [1.29, 1.82) is 0 Å². The molecule has 3 fully saturated rings. The summed E-state index contributed by atoms with van der Waals surface area (Å²) in [5.74, 6) is -1.65. The minimum absolute atomic E-state index is 0.0285. The van der Waals surface area contributed by atoms with Gasteiger partial charge in [0.25, 0.3) is 0 Å². The number of pyridine rings is 2. The van der Waals surface area contributed by atoms with Gasteiger partial charge in [-0.15, -0.1) is 0 Å². The molecule has 2 saturated carbocycles. The standard InChI is InChI=1S/C19H21FN4O3/c20-13-7-11-15(25)12(18(26)27)9-24(10-1-2-10)16(11)22-17(13)23-5-3-19(4-6-23)8-14(19)21/h7,9-10,14H,1-6,8,21H2,(H,26,27). The number of anilines is 1. The van der Waals surface area contributed by atoms with Crippen LogP contribution < -0.4 is 16.1 Å². The predicted molar refractivity (Wildman–Crippen MR) is 97.7 cm³/mol. The number of nitrogens with zero attached hydrogens (tertiary/aromatic N) is 3. The molecular formula is C19H21FN4O3. The zero-order valence-electron chi connectivity index (χ0n) is 14.8. The Bertz CT molecular complexity index is 1020. The van der Waals surface area contributed by atoms with Gasteiger partial charge in [-0.1, -0.05) is 0 Å². The Morgan fingerprint density at radius 1 is 1.33 bits per heavy atom. The highest BCUT2D eigenvalue weighted by molar-refractivity contribution is 5.92. The summed E-state index contributed by atoms with van der Waals surface area (Å²) in [4.78, 5) is 30.3. The van der Waals surface area contributed by atoms with E-state index >= 15 is 0 Å². The van der Waals surface area contributed by atoms with Crippen molar-refractivity contribution in [3.05, 3.63) is 33.9 Å². The van der Waals surface area contributed by atoms with Crippen LogP contribution in [0.3, 0.4) is 0 Å². The molecule has 0 bridgehead atoms. The van der Waals surface area contributed by atoms with Gasteiger partial charge in [0.1, 0.15) is 11.2 Å². The number of hydrogen-bond acceptors (Lipinski definition) is 5. The van der Waals surface area contributed by atoms with E-state index in [0.29, 0.717) is 18.7 Å². The van der Waals surface area contributed by atoms with Crippen LogP contribution in [0, 0.1) is 11.2 Å². The van der Waals surface area contributed by atoms with Gasteiger partial charge < -0.3 is 20.3 Å². The second-order valence-corrected chi connectivity index (χ2v) is 8.14. The number of piperidine rings is 1. The molecule has 2 aliphatic carbocycles. The van der Waals surface area contributed by atoms with Crippen LogP contribution in [0.2, 0.25) is 0 Å². The van der Waals surface area contributed by atoms with Gasteiger partial charge in [0, 0.05) is 31.4 Å². The zero-order valence-corrected chi connectivity index (χ0v) is 14.8. The van der Waals surface area contributed by atoms with Crippen LogP contribution in [0.15, 0.2) is 17.1 Å². The molecule has 2 aromatic rings. The number of nitrogens with two attached hydrogens (primary N) is 1. The molecule has 0 aromatic carbocycles. The van der Waals surface area contributed by atoms with Gasteiger partial charge in [-0.3, -0.25) is 4.79 Å². The lowest BCUT2D eigenvalue weighted by molar-refractivity contribution is 0.0695. The highest BCUT2D eigenvalue weighted by atomic mass is 19.1. The summed E-state index contributed by atoms with van der Waals surface area (Å²) in [5.41, 5.74) is 5.60. The van der Waals surface area contributed by atoms with E-state index in [9.17, 15) is 19.1 Å². The fourth-order valence-corrected chi connectivity index (χ4v) is 4.36. The third-order valence-electron chi connectivity index (χ3n) is 6.42. The zero-order chi connectivity index (χ0) is 18.9. The van der Waals surface area contributed by atoms with Gasteiger partial charge >= 0.3 is 5.97 Å². The van der Waals surface area contributed by atoms with E-state index in [0.717, 1.165) is 38.2 Å². The lowest BCUT2D eigenvalue weighted by atomic mass is 9.92. The maximum absolute atomic E-state index is 14.8. The van der Waals surface area contributed by atoms with Gasteiger partial charge in [-0.05, 0) is 43.6 Å². The van der Waals surface area contributed by atoms with E-state index in [4.69, 9.17) is 5.73 Å². The number of carbonyl (C=O) groups is 1. The maximum Gasteiger partial charge on any atom is 0.341 e. The van der Waals surface area contributed by atoms with Crippen molar-refractivity contribution in [2.75, 3.05) is 18.0 Å². The quantitative estimate of drug-likeness (QED) is 0.853. The monoisotopic (exact) mass is 372 g/mol. The molecule has 0 amide bonds. The minimum Gasteiger partial charge on any atom is -0.477 e. The third kappa shape index (κ3) is 2.54. The fraction of sp³-hybridized carbons (Fsp3) is 0.526. The van der Waals surface area contributed by atoms with Crippen molar-refractivity contribution in [2.24, 2.45) is 11.1 Å². The second-order valence-electron chi connectivity index (χ2n) is 8.14. The first-order chi connectivity index (χ1) is 12.9. The van der Waals surface area contributed by atoms with Gasteiger partial charge in [0.05, 0.1) is 5.39 Å². The molecule has 1 spiro atoms. The smallest absolute Gasteiger partial charge is 0.341 e. The molecule has 3 N–H and O–H groups in total. The summed E-state index contributed by atoms with van der Waals surface area (Å²) in [5, 5.41) is 9.34. The maximum atomic E-state index is 14.8. The first-order valence-corrected chi connectivity index (χ1v) is 9.39. The first-order valence-electron chi connectivity index (χ1n) is 9.39. The summed E-state index contributed by atoms with van der Waals surface area (Å²) in [7, 11) is 0. The third-order valence-corrected chi connectivity index (χ3v) is 6.42. The topological polar surface area (TPSA) is 101 Å². The van der Waals surface area contributed by atoms with E-state index in [1.807, 2.05) is 4.90 Å². The number of carboxylic acid groups (broad SMARTS) is 1. The summed E-state index contributed by atoms with van der Waals surface area (Å²) in [6.45, 7) is 1.37. The molecule has 3 heterocycles. The molecule has 3 aliphatic rings. The van der Waals surface area contributed by atoms with Crippen LogP contribution in [0.5, 0.6) is 0 Å². The molecule has 27 heavy (non-hydrogen) atoms. The van der Waals surface area contributed by atoms with E-state index < -0.39 is 17.2 Å². The van der Waals surface area contributed by atoms with Crippen LogP contribution in [-0.4, -0.2) is 39.8 Å². The van der Waals surface area contributed by atoms with Crippen LogP contribution >= 0.6 is 0 Å². The Kier molecular flexibility index (Phi) is 3.40. The molecule has 1 saturated heterocycles. The van der Waals surface area contributed by atoms with Gasteiger partial charge in [-0.25, -0.2) is 14.2 Å². The summed E-state index contributed by atoms with van der Waals surface area (Å²) >= 11 is 0. The molecule has 5 rings (SSSR count). The van der Waals surface area contributed by atoms with Crippen LogP contribution in [0.1, 0.15) is 48.5 Å². The van der Waals surface area contributed by atoms with Crippen molar-refractivity contribution >= 4 is 22.8 Å². The van der Waals surface area contributed by atoms with Crippen molar-refractivity contribution in [3.8, 4) is 0 Å². The van der Waals surface area contributed by atoms with E-state index in [-0.39, 0.29) is 34.3 Å². The molecule has 8 heteroatoms. The summed E-state index contributed by atoms with van der Waals surface area (Å²) in [6, 6.07) is 1.52. The van der Waals surface area contributed by atoms with Gasteiger partial charge in [0.2, 0.25) is 5.43 Å². The van der Waals surface area contributed by atoms with E-state index in [2.05, 4.69) is 4.98 Å². The summed E-state index contributed by atoms with van der Waals surface area (Å²) < 4.78 is 16.6. The summed E-state index contributed by atoms with van der Waals surface area (Å²) in [6.07, 6.45) is 6.02. The molecule has 1 atom stereocenters. The fourth-order valence-electron chi connectivity index (χ4n) is 4.36. The largest absolute Gasteiger partial charge is 0.477 e. The number of rotatable bonds is 3.